The predicted molar refractivity (Wildman–Crippen MR) is 105 cm³/mol. The molecule has 0 fully saturated rings. The van der Waals surface area contributed by atoms with Gasteiger partial charge in [0.25, 0.3) is 0 Å². The molecule has 3 nitrogen and oxygen atoms in total. The van der Waals surface area contributed by atoms with Crippen LogP contribution >= 0.6 is 11.3 Å². The summed E-state index contributed by atoms with van der Waals surface area (Å²) < 4.78 is 5.46. The molecule has 0 saturated heterocycles. The third-order valence-corrected chi connectivity index (χ3v) is 5.19. The van der Waals surface area contributed by atoms with Crippen LogP contribution < -0.4 is 0 Å². The molecular formula is C22H19NO2S. The van der Waals surface area contributed by atoms with Gasteiger partial charge in [0.1, 0.15) is 5.76 Å². The molecule has 4 heteroatoms. The summed E-state index contributed by atoms with van der Waals surface area (Å²) in [5.41, 5.74) is 2.20. The highest BCUT2D eigenvalue weighted by molar-refractivity contribution is 7.07. The van der Waals surface area contributed by atoms with E-state index in [0.29, 0.717) is 19.5 Å². The van der Waals surface area contributed by atoms with Gasteiger partial charge < -0.3 is 9.32 Å². The number of hydrogen-bond acceptors (Lipinski definition) is 3. The summed E-state index contributed by atoms with van der Waals surface area (Å²) >= 11 is 1.65. The Bertz CT molecular complexity index is 949. The fourth-order valence-electron chi connectivity index (χ4n) is 3.15. The lowest BCUT2D eigenvalue weighted by Crippen LogP contribution is -2.31. The quantitative estimate of drug-likeness (QED) is 0.469. The highest BCUT2D eigenvalue weighted by Gasteiger charge is 2.17. The number of carbonyl (C=O) groups is 1. The van der Waals surface area contributed by atoms with Gasteiger partial charge in [-0.25, -0.2) is 0 Å². The summed E-state index contributed by atoms with van der Waals surface area (Å²) in [6.45, 7) is 1.07. The van der Waals surface area contributed by atoms with Gasteiger partial charge in [-0.05, 0) is 50.9 Å². The van der Waals surface area contributed by atoms with Gasteiger partial charge in [-0.1, -0.05) is 42.5 Å². The Labute approximate surface area is 156 Å². The molecule has 0 N–H and O–H groups in total. The maximum absolute atomic E-state index is 13.1. The monoisotopic (exact) mass is 361 g/mol. The molecule has 0 spiro atoms. The van der Waals surface area contributed by atoms with Gasteiger partial charge >= 0.3 is 0 Å². The van der Waals surface area contributed by atoms with Gasteiger partial charge in [-0.2, -0.15) is 11.3 Å². The molecule has 1 amide bonds. The van der Waals surface area contributed by atoms with Crippen molar-refractivity contribution >= 4 is 28.0 Å². The molecule has 0 aliphatic heterocycles. The number of fused-ring (bicyclic) bond motifs is 1. The van der Waals surface area contributed by atoms with Gasteiger partial charge in [0.05, 0.1) is 19.2 Å². The van der Waals surface area contributed by atoms with Crippen molar-refractivity contribution in [2.45, 2.75) is 19.5 Å². The van der Waals surface area contributed by atoms with Crippen molar-refractivity contribution in [3.8, 4) is 0 Å². The number of carbonyl (C=O) groups excluding carboxylic acids is 1. The largest absolute Gasteiger partial charge is 0.467 e. The van der Waals surface area contributed by atoms with E-state index in [1.807, 2.05) is 46.7 Å². The van der Waals surface area contributed by atoms with E-state index >= 15 is 0 Å². The Morgan fingerprint density at radius 3 is 2.65 bits per heavy atom. The number of amides is 1. The molecule has 26 heavy (non-hydrogen) atoms. The topological polar surface area (TPSA) is 33.5 Å². The van der Waals surface area contributed by atoms with E-state index in [1.54, 1.807) is 17.6 Å². The summed E-state index contributed by atoms with van der Waals surface area (Å²) in [5.74, 6) is 0.899. The maximum atomic E-state index is 13.1. The smallest absolute Gasteiger partial charge is 0.227 e. The van der Waals surface area contributed by atoms with Crippen LogP contribution in [0.3, 0.4) is 0 Å². The average Bonchev–Trinajstić information content (AvgIpc) is 3.35. The molecule has 0 aliphatic rings. The van der Waals surface area contributed by atoms with Gasteiger partial charge in [-0.15, -0.1) is 0 Å². The van der Waals surface area contributed by atoms with Crippen molar-refractivity contribution in [1.29, 1.82) is 0 Å². The van der Waals surface area contributed by atoms with Gasteiger partial charge in [0.15, 0.2) is 0 Å². The van der Waals surface area contributed by atoms with Crippen LogP contribution in [-0.4, -0.2) is 10.8 Å². The third-order valence-electron chi connectivity index (χ3n) is 4.45. The third kappa shape index (κ3) is 3.70. The van der Waals surface area contributed by atoms with Crippen LogP contribution in [0.4, 0.5) is 0 Å². The predicted octanol–water partition coefficient (Wildman–Crippen LogP) is 5.27. The lowest BCUT2D eigenvalue weighted by Gasteiger charge is -2.22. The molecule has 0 aliphatic carbocycles. The molecule has 2 aromatic heterocycles. The fraction of sp³-hybridized carbons (Fsp3) is 0.136. The highest BCUT2D eigenvalue weighted by atomic mass is 32.1. The van der Waals surface area contributed by atoms with E-state index in [2.05, 4.69) is 29.6 Å². The summed E-state index contributed by atoms with van der Waals surface area (Å²) in [6.07, 6.45) is 2.03. The van der Waals surface area contributed by atoms with Crippen molar-refractivity contribution in [2.75, 3.05) is 0 Å². The first-order valence-electron chi connectivity index (χ1n) is 8.57. The molecule has 4 rings (SSSR count). The van der Waals surface area contributed by atoms with Gasteiger partial charge in [-0.3, -0.25) is 4.79 Å². The summed E-state index contributed by atoms with van der Waals surface area (Å²) in [6, 6.07) is 20.1. The number of hydrogen-bond donors (Lipinski definition) is 0. The highest BCUT2D eigenvalue weighted by Crippen LogP contribution is 2.21. The maximum Gasteiger partial charge on any atom is 0.227 e. The Morgan fingerprint density at radius 2 is 1.85 bits per heavy atom. The van der Waals surface area contributed by atoms with Crippen LogP contribution in [0.5, 0.6) is 0 Å². The minimum Gasteiger partial charge on any atom is -0.467 e. The van der Waals surface area contributed by atoms with Crippen molar-refractivity contribution in [1.82, 2.24) is 4.90 Å². The molecular weight excluding hydrogens is 342 g/mol. The summed E-state index contributed by atoms with van der Waals surface area (Å²) in [5, 5.41) is 6.42. The Kier molecular flexibility index (Phi) is 4.84. The lowest BCUT2D eigenvalue weighted by molar-refractivity contribution is -0.132. The molecule has 2 heterocycles. The molecule has 0 saturated carbocycles. The minimum absolute atomic E-state index is 0.101. The van der Waals surface area contributed by atoms with Crippen LogP contribution in [0.1, 0.15) is 16.9 Å². The van der Waals surface area contributed by atoms with Crippen LogP contribution in [0, 0.1) is 0 Å². The molecule has 130 valence electrons. The molecule has 0 radical (unpaired) electrons. The zero-order chi connectivity index (χ0) is 17.8. The number of thiophene rings is 1. The van der Waals surface area contributed by atoms with Crippen LogP contribution in [0.2, 0.25) is 0 Å². The molecule has 0 atom stereocenters. The van der Waals surface area contributed by atoms with Gasteiger partial charge in [0, 0.05) is 6.54 Å². The van der Waals surface area contributed by atoms with Crippen molar-refractivity contribution in [3.63, 3.8) is 0 Å². The van der Waals surface area contributed by atoms with E-state index in [1.165, 1.54) is 0 Å². The normalized spacial score (nSPS) is 10.9. The molecule has 2 aromatic carbocycles. The number of furan rings is 1. The van der Waals surface area contributed by atoms with E-state index in [9.17, 15) is 4.79 Å². The van der Waals surface area contributed by atoms with E-state index in [0.717, 1.165) is 27.7 Å². The van der Waals surface area contributed by atoms with E-state index < -0.39 is 0 Å². The Morgan fingerprint density at radius 1 is 0.962 bits per heavy atom. The van der Waals surface area contributed by atoms with Crippen LogP contribution in [-0.2, 0) is 24.3 Å². The first kappa shape index (κ1) is 16.6. The van der Waals surface area contributed by atoms with Gasteiger partial charge in [0.2, 0.25) is 5.91 Å². The standard InChI is InChI=1S/C22H19NO2S/c24-22(13-19-7-3-6-18-5-1-2-9-21(18)19)23(14-17-10-12-26-16-17)15-20-8-4-11-25-20/h1-12,16H,13-15H2. The Hall–Kier alpha value is -2.85. The fourth-order valence-corrected chi connectivity index (χ4v) is 3.81. The second-order valence-electron chi connectivity index (χ2n) is 6.28. The van der Waals surface area contributed by atoms with E-state index in [-0.39, 0.29) is 5.91 Å². The van der Waals surface area contributed by atoms with Crippen LogP contribution in [0.15, 0.2) is 82.1 Å². The number of nitrogens with zero attached hydrogens (tertiary/aromatic N) is 1. The minimum atomic E-state index is 0.101. The molecule has 0 bridgehead atoms. The molecule has 4 aromatic rings. The second kappa shape index (κ2) is 7.58. The molecule has 0 unspecified atom stereocenters. The zero-order valence-electron chi connectivity index (χ0n) is 14.3. The second-order valence-corrected chi connectivity index (χ2v) is 7.06. The lowest BCUT2D eigenvalue weighted by atomic mass is 10.0. The summed E-state index contributed by atoms with van der Waals surface area (Å²) in [4.78, 5) is 15.0. The van der Waals surface area contributed by atoms with Crippen molar-refractivity contribution in [3.05, 3.63) is 94.6 Å². The first-order valence-corrected chi connectivity index (χ1v) is 9.52. The Balaban J connectivity index is 1.58. The van der Waals surface area contributed by atoms with E-state index in [4.69, 9.17) is 4.42 Å². The van der Waals surface area contributed by atoms with Crippen LogP contribution in [0.25, 0.3) is 10.8 Å². The van der Waals surface area contributed by atoms with Crippen molar-refractivity contribution in [2.24, 2.45) is 0 Å². The number of rotatable bonds is 6. The van der Waals surface area contributed by atoms with Crippen molar-refractivity contribution < 1.29 is 9.21 Å². The average molecular weight is 361 g/mol. The first-order chi connectivity index (χ1) is 12.8. The SMILES string of the molecule is O=C(Cc1cccc2ccccc12)N(Cc1ccsc1)Cc1ccco1. The summed E-state index contributed by atoms with van der Waals surface area (Å²) in [7, 11) is 0. The zero-order valence-corrected chi connectivity index (χ0v) is 15.1. The number of benzene rings is 2.